The molecule has 1 aliphatic rings. The van der Waals surface area contributed by atoms with Gasteiger partial charge in [-0.05, 0) is 18.8 Å². The molecule has 0 aliphatic carbocycles. The summed E-state index contributed by atoms with van der Waals surface area (Å²) in [6, 6.07) is 0. The number of piperidine rings is 1. The summed E-state index contributed by atoms with van der Waals surface area (Å²) < 4.78 is 32.7. The highest BCUT2D eigenvalue weighted by Crippen LogP contribution is 2.21. The van der Waals surface area contributed by atoms with Gasteiger partial charge in [-0.15, -0.1) is 0 Å². The lowest BCUT2D eigenvalue weighted by Crippen LogP contribution is -2.47. The molecular formula is C14H24N4O5S. The summed E-state index contributed by atoms with van der Waals surface area (Å²) in [5.74, 6) is -0.488. The molecule has 10 heteroatoms. The van der Waals surface area contributed by atoms with Crippen LogP contribution in [0.3, 0.4) is 0 Å². The van der Waals surface area contributed by atoms with Crippen LogP contribution in [0.25, 0.3) is 0 Å². The van der Waals surface area contributed by atoms with Crippen LogP contribution in [0.2, 0.25) is 0 Å². The maximum absolute atomic E-state index is 12.6. The van der Waals surface area contributed by atoms with E-state index in [0.29, 0.717) is 43.4 Å². The average Bonchev–Trinajstić information content (AvgIpc) is 2.93. The summed E-state index contributed by atoms with van der Waals surface area (Å²) in [6.45, 7) is 4.34. The standard InChI is InChI=1S/C14H24N4O5S/c1-10(2)7-13-15-12(16-23-13)9-17(3)24(21,22)18-6-4-5-11(8-18)14(19)20/h10-11H,4-9H2,1-3H3,(H,19,20). The van der Waals surface area contributed by atoms with Crippen LogP contribution in [-0.2, 0) is 28.0 Å². The molecule has 1 unspecified atom stereocenters. The fraction of sp³-hybridized carbons (Fsp3) is 0.786. The second kappa shape index (κ2) is 7.58. The van der Waals surface area contributed by atoms with E-state index in [1.54, 1.807) is 0 Å². The SMILES string of the molecule is CC(C)Cc1nc(CN(C)S(=O)(=O)N2CCCC(C(=O)O)C2)no1. The predicted molar refractivity (Wildman–Crippen MR) is 85.2 cm³/mol. The second-order valence-electron chi connectivity index (χ2n) is 6.50. The normalized spacial score (nSPS) is 20.0. The van der Waals surface area contributed by atoms with Crippen molar-refractivity contribution >= 4 is 16.2 Å². The van der Waals surface area contributed by atoms with E-state index in [1.807, 2.05) is 13.8 Å². The molecule has 0 radical (unpaired) electrons. The predicted octanol–water partition coefficient (Wildman–Crippen LogP) is 0.741. The van der Waals surface area contributed by atoms with Crippen molar-refractivity contribution in [2.24, 2.45) is 11.8 Å². The van der Waals surface area contributed by atoms with E-state index in [9.17, 15) is 13.2 Å². The number of carboxylic acids is 1. The molecular weight excluding hydrogens is 336 g/mol. The fourth-order valence-electron chi connectivity index (χ4n) is 2.62. The van der Waals surface area contributed by atoms with E-state index in [1.165, 1.54) is 11.4 Å². The third kappa shape index (κ3) is 4.52. The van der Waals surface area contributed by atoms with Gasteiger partial charge in [-0.1, -0.05) is 19.0 Å². The Bertz CT molecular complexity index is 672. The average molecular weight is 360 g/mol. The summed E-state index contributed by atoms with van der Waals surface area (Å²) >= 11 is 0. The van der Waals surface area contributed by atoms with Crippen molar-refractivity contribution in [2.75, 3.05) is 20.1 Å². The summed E-state index contributed by atoms with van der Waals surface area (Å²) in [6.07, 6.45) is 1.66. The van der Waals surface area contributed by atoms with E-state index < -0.39 is 22.1 Å². The Kier molecular flexibility index (Phi) is 5.94. The van der Waals surface area contributed by atoms with E-state index in [4.69, 9.17) is 9.63 Å². The highest BCUT2D eigenvalue weighted by molar-refractivity contribution is 7.86. The third-order valence-corrected chi connectivity index (χ3v) is 5.81. The van der Waals surface area contributed by atoms with Gasteiger partial charge < -0.3 is 9.63 Å². The molecule has 1 aromatic heterocycles. The first-order valence-electron chi connectivity index (χ1n) is 7.95. The molecule has 1 N–H and O–H groups in total. The molecule has 9 nitrogen and oxygen atoms in total. The lowest BCUT2D eigenvalue weighted by molar-refractivity contribution is -0.142. The van der Waals surface area contributed by atoms with Crippen LogP contribution in [-0.4, -0.2) is 58.4 Å². The van der Waals surface area contributed by atoms with Crippen molar-refractivity contribution < 1.29 is 22.8 Å². The maximum atomic E-state index is 12.6. The lowest BCUT2D eigenvalue weighted by Gasteiger charge is -2.32. The van der Waals surface area contributed by atoms with Gasteiger partial charge in [0.25, 0.3) is 10.2 Å². The first-order valence-corrected chi connectivity index (χ1v) is 9.35. The highest BCUT2D eigenvalue weighted by Gasteiger charge is 2.35. The van der Waals surface area contributed by atoms with Crippen LogP contribution < -0.4 is 0 Å². The van der Waals surface area contributed by atoms with Crippen LogP contribution in [0.15, 0.2) is 4.52 Å². The van der Waals surface area contributed by atoms with Gasteiger partial charge in [0, 0.05) is 26.6 Å². The molecule has 24 heavy (non-hydrogen) atoms. The van der Waals surface area contributed by atoms with Crippen LogP contribution in [0, 0.1) is 11.8 Å². The monoisotopic (exact) mass is 360 g/mol. The van der Waals surface area contributed by atoms with Crippen LogP contribution in [0.5, 0.6) is 0 Å². The Balaban J connectivity index is 2.03. The number of rotatable bonds is 7. The van der Waals surface area contributed by atoms with Crippen molar-refractivity contribution in [1.29, 1.82) is 0 Å². The molecule has 1 saturated heterocycles. The third-order valence-electron chi connectivity index (χ3n) is 3.91. The number of hydrogen-bond acceptors (Lipinski definition) is 6. The van der Waals surface area contributed by atoms with Gasteiger partial charge in [0.2, 0.25) is 5.89 Å². The van der Waals surface area contributed by atoms with E-state index in [2.05, 4.69) is 10.1 Å². The maximum Gasteiger partial charge on any atom is 0.307 e. The Morgan fingerprint density at radius 3 is 2.83 bits per heavy atom. The van der Waals surface area contributed by atoms with E-state index >= 15 is 0 Å². The molecule has 136 valence electrons. The number of aromatic nitrogens is 2. The zero-order chi connectivity index (χ0) is 17.9. The topological polar surface area (TPSA) is 117 Å². The molecule has 2 rings (SSSR count). The van der Waals surface area contributed by atoms with Gasteiger partial charge in [-0.3, -0.25) is 4.79 Å². The summed E-state index contributed by atoms with van der Waals surface area (Å²) in [5, 5.41) is 12.9. The fourth-order valence-corrected chi connectivity index (χ4v) is 4.02. The lowest BCUT2D eigenvalue weighted by atomic mass is 10.0. The summed E-state index contributed by atoms with van der Waals surface area (Å²) in [7, 11) is -2.33. The molecule has 1 fully saturated rings. The minimum Gasteiger partial charge on any atom is -0.481 e. The van der Waals surface area contributed by atoms with Gasteiger partial charge in [-0.2, -0.15) is 22.0 Å². The van der Waals surface area contributed by atoms with Gasteiger partial charge in [0.05, 0.1) is 12.5 Å². The van der Waals surface area contributed by atoms with Crippen LogP contribution >= 0.6 is 0 Å². The minimum absolute atomic E-state index is 0.00709. The van der Waals surface area contributed by atoms with Crippen LogP contribution in [0.1, 0.15) is 38.4 Å². The quantitative estimate of drug-likeness (QED) is 0.762. The molecule has 0 spiro atoms. The van der Waals surface area contributed by atoms with Gasteiger partial charge in [0.1, 0.15) is 0 Å². The van der Waals surface area contributed by atoms with Crippen molar-refractivity contribution in [3.05, 3.63) is 11.7 Å². The second-order valence-corrected chi connectivity index (χ2v) is 8.54. The number of aliphatic carboxylic acids is 1. The zero-order valence-electron chi connectivity index (χ0n) is 14.2. The van der Waals surface area contributed by atoms with Crippen molar-refractivity contribution in [3.8, 4) is 0 Å². The molecule has 0 saturated carbocycles. The van der Waals surface area contributed by atoms with Gasteiger partial charge >= 0.3 is 5.97 Å². The number of carboxylic acid groups (broad SMARTS) is 1. The molecule has 1 atom stereocenters. The number of carbonyl (C=O) groups is 1. The number of nitrogens with zero attached hydrogens (tertiary/aromatic N) is 4. The molecule has 2 heterocycles. The summed E-state index contributed by atoms with van der Waals surface area (Å²) in [4.78, 5) is 15.3. The Morgan fingerprint density at radius 1 is 1.50 bits per heavy atom. The van der Waals surface area contributed by atoms with Crippen molar-refractivity contribution in [1.82, 2.24) is 18.8 Å². The van der Waals surface area contributed by atoms with Gasteiger partial charge in [0.15, 0.2) is 5.82 Å². The Hall–Kier alpha value is -1.52. The van der Waals surface area contributed by atoms with Crippen molar-refractivity contribution in [3.63, 3.8) is 0 Å². The minimum atomic E-state index is -3.76. The van der Waals surface area contributed by atoms with Crippen LogP contribution in [0.4, 0.5) is 0 Å². The molecule has 0 amide bonds. The molecule has 1 aromatic rings. The first-order chi connectivity index (χ1) is 11.2. The molecule has 0 aromatic carbocycles. The van der Waals surface area contributed by atoms with Gasteiger partial charge in [-0.25, -0.2) is 0 Å². The Labute approximate surface area is 141 Å². The first kappa shape index (κ1) is 18.8. The zero-order valence-corrected chi connectivity index (χ0v) is 15.0. The van der Waals surface area contributed by atoms with E-state index in [0.717, 1.165) is 4.31 Å². The largest absolute Gasteiger partial charge is 0.481 e. The number of hydrogen-bond donors (Lipinski definition) is 1. The highest BCUT2D eigenvalue weighted by atomic mass is 32.2. The Morgan fingerprint density at radius 2 is 2.21 bits per heavy atom. The van der Waals surface area contributed by atoms with E-state index in [-0.39, 0.29) is 13.1 Å². The van der Waals surface area contributed by atoms with Crippen molar-refractivity contribution in [2.45, 2.75) is 39.7 Å². The molecule has 0 bridgehead atoms. The molecule has 1 aliphatic heterocycles. The summed E-state index contributed by atoms with van der Waals surface area (Å²) in [5.41, 5.74) is 0. The smallest absolute Gasteiger partial charge is 0.307 e.